The Balaban J connectivity index is 1.94. The highest BCUT2D eigenvalue weighted by atomic mass is 15.2. The molecule has 3 unspecified atom stereocenters. The fourth-order valence-electron chi connectivity index (χ4n) is 3.20. The van der Waals surface area contributed by atoms with Crippen LogP contribution in [-0.2, 0) is 0 Å². The quantitative estimate of drug-likeness (QED) is 0.716. The van der Waals surface area contributed by atoms with E-state index in [2.05, 4.69) is 18.9 Å². The Morgan fingerprint density at radius 1 is 1.38 bits per heavy atom. The Kier molecular flexibility index (Phi) is 2.61. The molecule has 2 N–H and O–H groups in total. The van der Waals surface area contributed by atoms with Crippen molar-refractivity contribution in [2.45, 2.75) is 44.7 Å². The van der Waals surface area contributed by atoms with Crippen molar-refractivity contribution in [3.8, 4) is 0 Å². The smallest absolute Gasteiger partial charge is 0.0190 e. The summed E-state index contributed by atoms with van der Waals surface area (Å²) < 4.78 is 0. The Bertz CT molecular complexity index is 181. The van der Waals surface area contributed by atoms with Gasteiger partial charge in [-0.1, -0.05) is 6.42 Å². The van der Waals surface area contributed by atoms with Crippen molar-refractivity contribution >= 4 is 0 Å². The van der Waals surface area contributed by atoms with Gasteiger partial charge in [0, 0.05) is 18.6 Å². The predicted octanol–water partition coefficient (Wildman–Crippen LogP) is 1.45. The average molecular weight is 182 g/mol. The van der Waals surface area contributed by atoms with E-state index in [4.69, 9.17) is 5.73 Å². The molecule has 0 radical (unpaired) electrons. The normalized spacial score (nSPS) is 40.2. The molecule has 2 aliphatic rings. The van der Waals surface area contributed by atoms with Gasteiger partial charge < -0.3 is 5.73 Å². The van der Waals surface area contributed by atoms with Gasteiger partial charge in [0.15, 0.2) is 0 Å². The molecule has 0 saturated heterocycles. The molecule has 2 nitrogen and oxygen atoms in total. The van der Waals surface area contributed by atoms with Crippen LogP contribution in [-0.4, -0.2) is 30.6 Å². The lowest BCUT2D eigenvalue weighted by molar-refractivity contribution is 0.136. The lowest BCUT2D eigenvalue weighted by Crippen LogP contribution is -2.44. The van der Waals surface area contributed by atoms with Gasteiger partial charge in [-0.3, -0.25) is 4.90 Å². The summed E-state index contributed by atoms with van der Waals surface area (Å²) in [5, 5.41) is 0. The third-order valence-corrected chi connectivity index (χ3v) is 4.26. The average Bonchev–Trinajstić information content (AvgIpc) is 2.76. The van der Waals surface area contributed by atoms with E-state index in [0.29, 0.717) is 6.04 Å². The molecule has 2 bridgehead atoms. The minimum Gasteiger partial charge on any atom is -0.329 e. The monoisotopic (exact) mass is 182 g/mol. The van der Waals surface area contributed by atoms with Crippen molar-refractivity contribution in [2.75, 3.05) is 13.6 Å². The van der Waals surface area contributed by atoms with Crippen LogP contribution in [0, 0.1) is 11.8 Å². The fourth-order valence-corrected chi connectivity index (χ4v) is 3.20. The molecule has 2 fully saturated rings. The molecule has 0 spiro atoms. The molecule has 0 amide bonds. The highest BCUT2D eigenvalue weighted by molar-refractivity contribution is 4.95. The zero-order valence-corrected chi connectivity index (χ0v) is 8.87. The summed E-state index contributed by atoms with van der Waals surface area (Å²) >= 11 is 0. The zero-order chi connectivity index (χ0) is 9.42. The first-order valence-corrected chi connectivity index (χ1v) is 5.64. The summed E-state index contributed by atoms with van der Waals surface area (Å²) in [6.07, 6.45) is 5.89. The second-order valence-corrected chi connectivity index (χ2v) is 4.99. The fraction of sp³-hybridized carbons (Fsp3) is 1.00. The second kappa shape index (κ2) is 3.58. The number of hydrogen-bond donors (Lipinski definition) is 1. The molecule has 0 aliphatic heterocycles. The Morgan fingerprint density at radius 2 is 2.15 bits per heavy atom. The molecule has 0 aromatic carbocycles. The van der Waals surface area contributed by atoms with Gasteiger partial charge in [0.05, 0.1) is 0 Å². The van der Waals surface area contributed by atoms with E-state index < -0.39 is 0 Å². The summed E-state index contributed by atoms with van der Waals surface area (Å²) in [6, 6.07) is 1.40. The van der Waals surface area contributed by atoms with Gasteiger partial charge in [0.2, 0.25) is 0 Å². The topological polar surface area (TPSA) is 29.3 Å². The van der Waals surface area contributed by atoms with E-state index in [-0.39, 0.29) is 0 Å². The van der Waals surface area contributed by atoms with Crippen molar-refractivity contribution in [1.82, 2.24) is 4.90 Å². The number of rotatable bonds is 3. The third-order valence-electron chi connectivity index (χ3n) is 4.26. The Morgan fingerprint density at radius 3 is 2.62 bits per heavy atom. The van der Waals surface area contributed by atoms with Crippen LogP contribution >= 0.6 is 0 Å². The minimum absolute atomic E-state index is 0.560. The van der Waals surface area contributed by atoms with E-state index in [0.717, 1.165) is 24.4 Å². The Labute approximate surface area is 81.5 Å². The molecule has 4 atom stereocenters. The largest absolute Gasteiger partial charge is 0.329 e. The van der Waals surface area contributed by atoms with Crippen LogP contribution < -0.4 is 5.73 Å². The van der Waals surface area contributed by atoms with Gasteiger partial charge in [-0.25, -0.2) is 0 Å². The first kappa shape index (κ1) is 9.47. The van der Waals surface area contributed by atoms with Gasteiger partial charge in [0.1, 0.15) is 0 Å². The molecular formula is C11H22N2. The summed E-state index contributed by atoms with van der Waals surface area (Å²) in [5.74, 6) is 2.03. The van der Waals surface area contributed by atoms with Crippen LogP contribution in [0.25, 0.3) is 0 Å². The van der Waals surface area contributed by atoms with Crippen LogP contribution in [0.5, 0.6) is 0 Å². The first-order chi connectivity index (χ1) is 6.22. The van der Waals surface area contributed by atoms with Crippen molar-refractivity contribution in [3.63, 3.8) is 0 Å². The van der Waals surface area contributed by atoms with Crippen molar-refractivity contribution < 1.29 is 0 Å². The highest BCUT2D eigenvalue weighted by Gasteiger charge is 2.41. The van der Waals surface area contributed by atoms with Gasteiger partial charge in [-0.2, -0.15) is 0 Å². The third kappa shape index (κ3) is 1.62. The molecule has 0 heterocycles. The van der Waals surface area contributed by atoms with Crippen LogP contribution in [0.2, 0.25) is 0 Å². The molecule has 2 rings (SSSR count). The van der Waals surface area contributed by atoms with E-state index in [1.165, 1.54) is 25.7 Å². The summed E-state index contributed by atoms with van der Waals surface area (Å²) in [7, 11) is 2.25. The molecule has 2 saturated carbocycles. The van der Waals surface area contributed by atoms with Crippen molar-refractivity contribution in [2.24, 2.45) is 17.6 Å². The van der Waals surface area contributed by atoms with Crippen LogP contribution in [0.15, 0.2) is 0 Å². The first-order valence-electron chi connectivity index (χ1n) is 5.64. The lowest BCUT2D eigenvalue weighted by atomic mass is 9.93. The van der Waals surface area contributed by atoms with Gasteiger partial charge in [-0.15, -0.1) is 0 Å². The summed E-state index contributed by atoms with van der Waals surface area (Å²) in [4.78, 5) is 2.52. The van der Waals surface area contributed by atoms with E-state index in [1.807, 2.05) is 0 Å². The SMILES string of the molecule is C[C@@H](CN)N(C)C1CC2CCC1C2. The number of hydrogen-bond acceptors (Lipinski definition) is 2. The van der Waals surface area contributed by atoms with Crippen LogP contribution in [0.3, 0.4) is 0 Å². The maximum atomic E-state index is 5.70. The number of fused-ring (bicyclic) bond motifs is 2. The molecule has 0 aromatic rings. The standard InChI is InChI=1S/C11H22N2/c1-8(7-12)13(2)11-6-9-3-4-10(11)5-9/h8-11H,3-7,12H2,1-2H3/t8-,9?,10?,11?/m0/s1. The molecule has 76 valence electrons. The molecule has 0 aromatic heterocycles. The molecule has 2 heteroatoms. The second-order valence-electron chi connectivity index (χ2n) is 4.99. The van der Waals surface area contributed by atoms with Crippen molar-refractivity contribution in [1.29, 1.82) is 0 Å². The molecule has 2 aliphatic carbocycles. The van der Waals surface area contributed by atoms with E-state index in [9.17, 15) is 0 Å². The predicted molar refractivity (Wildman–Crippen MR) is 55.5 cm³/mol. The maximum absolute atomic E-state index is 5.70. The Hall–Kier alpha value is -0.0800. The van der Waals surface area contributed by atoms with Gasteiger partial charge in [-0.05, 0) is 45.1 Å². The van der Waals surface area contributed by atoms with Crippen molar-refractivity contribution in [3.05, 3.63) is 0 Å². The van der Waals surface area contributed by atoms with Gasteiger partial charge in [0.25, 0.3) is 0 Å². The molecular weight excluding hydrogens is 160 g/mol. The highest BCUT2D eigenvalue weighted by Crippen LogP contribution is 2.46. The van der Waals surface area contributed by atoms with Gasteiger partial charge >= 0.3 is 0 Å². The van der Waals surface area contributed by atoms with Crippen LogP contribution in [0.4, 0.5) is 0 Å². The maximum Gasteiger partial charge on any atom is 0.0190 e. The van der Waals surface area contributed by atoms with Crippen LogP contribution in [0.1, 0.15) is 32.6 Å². The van der Waals surface area contributed by atoms with E-state index >= 15 is 0 Å². The molecule has 13 heavy (non-hydrogen) atoms. The zero-order valence-electron chi connectivity index (χ0n) is 8.87. The number of likely N-dealkylation sites (N-methyl/N-ethyl adjacent to an activating group) is 1. The number of nitrogens with two attached hydrogens (primary N) is 1. The van der Waals surface area contributed by atoms with E-state index in [1.54, 1.807) is 0 Å². The lowest BCUT2D eigenvalue weighted by Gasteiger charge is -2.35. The summed E-state index contributed by atoms with van der Waals surface area (Å²) in [5.41, 5.74) is 5.70. The summed E-state index contributed by atoms with van der Waals surface area (Å²) in [6.45, 7) is 3.04. The minimum atomic E-state index is 0.560. The number of nitrogens with zero attached hydrogens (tertiary/aromatic N) is 1.